The minimum Gasteiger partial charge on any atom is -0.397 e. The lowest BCUT2D eigenvalue weighted by atomic mass is 10.2. The maximum absolute atomic E-state index is 12.0. The Bertz CT molecular complexity index is 736. The molecule has 0 saturated heterocycles. The summed E-state index contributed by atoms with van der Waals surface area (Å²) >= 11 is 0. The lowest BCUT2D eigenvalue weighted by Gasteiger charge is -2.07. The number of fused-ring (bicyclic) bond motifs is 1. The molecule has 2 aromatic rings. The zero-order valence-corrected chi connectivity index (χ0v) is 11.9. The zero-order chi connectivity index (χ0) is 15.2. The summed E-state index contributed by atoms with van der Waals surface area (Å²) in [5.41, 5.74) is 7.44. The number of anilines is 1. The Morgan fingerprint density at radius 3 is 3.10 bits per heavy atom. The lowest BCUT2D eigenvalue weighted by molar-refractivity contribution is 0.0958. The molecule has 3 N–H and O–H groups in total. The number of nitrogen functional groups attached to an aromatic ring is 1. The standard InChI is InChI=1S/C15H17N5O/c1-3-5-6-8-20-14-11(10-19-20)13(16)12(9-18-14)15(21)17-7-4-2/h4,9-10H,2,6-8H2,1H3,(H2,16,18)(H,17,21). The molecule has 0 atom stereocenters. The highest BCUT2D eigenvalue weighted by Crippen LogP contribution is 2.22. The number of nitrogens with zero attached hydrogens (tertiary/aromatic N) is 3. The topological polar surface area (TPSA) is 85.8 Å². The number of hydrogen-bond acceptors (Lipinski definition) is 4. The van der Waals surface area contributed by atoms with Gasteiger partial charge >= 0.3 is 0 Å². The molecule has 0 spiro atoms. The molecule has 0 aromatic carbocycles. The normalized spacial score (nSPS) is 9.95. The minimum absolute atomic E-state index is 0.272. The van der Waals surface area contributed by atoms with Crippen LogP contribution < -0.4 is 11.1 Å². The number of pyridine rings is 1. The molecule has 0 aliphatic carbocycles. The molecule has 2 aromatic heterocycles. The first-order valence-electron chi connectivity index (χ1n) is 6.57. The maximum Gasteiger partial charge on any atom is 0.255 e. The van der Waals surface area contributed by atoms with Gasteiger partial charge in [-0.2, -0.15) is 5.10 Å². The van der Waals surface area contributed by atoms with E-state index in [1.54, 1.807) is 23.9 Å². The van der Waals surface area contributed by atoms with Crippen LogP contribution in [0.4, 0.5) is 5.69 Å². The van der Waals surface area contributed by atoms with E-state index in [0.29, 0.717) is 41.8 Å². The Morgan fingerprint density at radius 1 is 1.57 bits per heavy atom. The summed E-state index contributed by atoms with van der Waals surface area (Å²) in [5.74, 6) is 5.54. The largest absolute Gasteiger partial charge is 0.397 e. The lowest BCUT2D eigenvalue weighted by Crippen LogP contribution is -2.24. The molecule has 6 nitrogen and oxygen atoms in total. The number of rotatable bonds is 5. The third-order valence-electron chi connectivity index (χ3n) is 2.98. The molecule has 108 valence electrons. The average molecular weight is 283 g/mol. The van der Waals surface area contributed by atoms with Gasteiger partial charge in [-0.15, -0.1) is 18.4 Å². The molecule has 0 radical (unpaired) electrons. The first kappa shape index (κ1) is 14.6. The predicted molar refractivity (Wildman–Crippen MR) is 82.5 cm³/mol. The van der Waals surface area contributed by atoms with Crippen LogP contribution in [0.3, 0.4) is 0 Å². The number of carbonyl (C=O) groups is 1. The zero-order valence-electron chi connectivity index (χ0n) is 11.9. The monoisotopic (exact) mass is 283 g/mol. The number of aryl methyl sites for hydroxylation is 1. The number of hydrogen-bond donors (Lipinski definition) is 2. The van der Waals surface area contributed by atoms with Gasteiger partial charge in [-0.3, -0.25) is 4.79 Å². The smallest absolute Gasteiger partial charge is 0.255 e. The third-order valence-corrected chi connectivity index (χ3v) is 2.98. The van der Waals surface area contributed by atoms with Crippen molar-refractivity contribution < 1.29 is 4.79 Å². The molecule has 0 fully saturated rings. The highest BCUT2D eigenvalue weighted by atomic mass is 16.1. The van der Waals surface area contributed by atoms with Crippen molar-refractivity contribution in [1.82, 2.24) is 20.1 Å². The van der Waals surface area contributed by atoms with Crippen molar-refractivity contribution in [1.29, 1.82) is 0 Å². The summed E-state index contributed by atoms with van der Waals surface area (Å²) < 4.78 is 1.74. The minimum atomic E-state index is -0.272. The van der Waals surface area contributed by atoms with Gasteiger partial charge in [0.15, 0.2) is 5.65 Å². The summed E-state index contributed by atoms with van der Waals surface area (Å²) in [6, 6.07) is 0. The molecule has 1 amide bonds. The van der Waals surface area contributed by atoms with Gasteiger partial charge in [-0.25, -0.2) is 9.67 Å². The number of nitrogens with one attached hydrogen (secondary N) is 1. The van der Waals surface area contributed by atoms with Gasteiger partial charge in [-0.1, -0.05) is 6.08 Å². The van der Waals surface area contributed by atoms with Crippen LogP contribution in [0.2, 0.25) is 0 Å². The molecular weight excluding hydrogens is 266 g/mol. The van der Waals surface area contributed by atoms with E-state index < -0.39 is 0 Å². The van der Waals surface area contributed by atoms with Crippen LogP contribution in [-0.2, 0) is 6.54 Å². The molecule has 2 rings (SSSR count). The van der Waals surface area contributed by atoms with E-state index in [1.165, 1.54) is 6.20 Å². The Labute approximate surface area is 123 Å². The van der Waals surface area contributed by atoms with E-state index in [0.717, 1.165) is 0 Å². The molecule has 0 saturated carbocycles. The van der Waals surface area contributed by atoms with Gasteiger partial charge in [-0.05, 0) is 6.92 Å². The number of aromatic nitrogens is 3. The molecule has 6 heteroatoms. The van der Waals surface area contributed by atoms with E-state index in [9.17, 15) is 4.79 Å². The second-order valence-electron chi connectivity index (χ2n) is 4.37. The first-order valence-corrected chi connectivity index (χ1v) is 6.57. The third kappa shape index (κ3) is 3.03. The molecule has 21 heavy (non-hydrogen) atoms. The van der Waals surface area contributed by atoms with E-state index in [2.05, 4.69) is 33.8 Å². The SMILES string of the molecule is C=CCNC(=O)c1cnc2c(cnn2CCC#CC)c1N. The van der Waals surface area contributed by atoms with E-state index in [1.807, 2.05) is 0 Å². The quantitative estimate of drug-likeness (QED) is 0.640. The van der Waals surface area contributed by atoms with Gasteiger partial charge in [0.05, 0.1) is 29.4 Å². The summed E-state index contributed by atoms with van der Waals surface area (Å²) in [7, 11) is 0. The van der Waals surface area contributed by atoms with Crippen molar-refractivity contribution in [2.24, 2.45) is 0 Å². The first-order chi connectivity index (χ1) is 10.2. The number of amides is 1. The Hall–Kier alpha value is -2.81. The maximum atomic E-state index is 12.0. The fraction of sp³-hybridized carbons (Fsp3) is 0.267. The number of nitrogens with two attached hydrogens (primary N) is 1. The molecular formula is C15H17N5O. The highest BCUT2D eigenvalue weighted by Gasteiger charge is 2.15. The Balaban J connectivity index is 2.32. The Kier molecular flexibility index (Phi) is 4.57. The molecule has 0 aliphatic heterocycles. The van der Waals surface area contributed by atoms with Crippen LogP contribution in [0, 0.1) is 11.8 Å². The van der Waals surface area contributed by atoms with Crippen LogP contribution in [0.5, 0.6) is 0 Å². The van der Waals surface area contributed by atoms with E-state index in [-0.39, 0.29) is 5.91 Å². The van der Waals surface area contributed by atoms with Crippen molar-refractivity contribution in [3.05, 3.63) is 30.6 Å². The van der Waals surface area contributed by atoms with Gasteiger partial charge in [0.2, 0.25) is 0 Å². The van der Waals surface area contributed by atoms with Crippen LogP contribution >= 0.6 is 0 Å². The van der Waals surface area contributed by atoms with Crippen LogP contribution in [0.1, 0.15) is 23.7 Å². The van der Waals surface area contributed by atoms with E-state index in [4.69, 9.17) is 5.73 Å². The Morgan fingerprint density at radius 2 is 2.38 bits per heavy atom. The van der Waals surface area contributed by atoms with Gasteiger partial charge in [0, 0.05) is 19.2 Å². The second-order valence-corrected chi connectivity index (χ2v) is 4.37. The van der Waals surface area contributed by atoms with Crippen molar-refractivity contribution in [3.8, 4) is 11.8 Å². The van der Waals surface area contributed by atoms with Gasteiger partial charge in [0.25, 0.3) is 5.91 Å². The fourth-order valence-corrected chi connectivity index (χ4v) is 1.94. The highest BCUT2D eigenvalue weighted by molar-refractivity contribution is 6.05. The molecule has 0 bridgehead atoms. The predicted octanol–water partition coefficient (Wildman–Crippen LogP) is 1.34. The van der Waals surface area contributed by atoms with Crippen LogP contribution in [0.15, 0.2) is 25.0 Å². The fourth-order valence-electron chi connectivity index (χ4n) is 1.94. The van der Waals surface area contributed by atoms with Crippen molar-refractivity contribution >= 4 is 22.6 Å². The van der Waals surface area contributed by atoms with Crippen molar-refractivity contribution in [3.63, 3.8) is 0 Å². The second kappa shape index (κ2) is 6.57. The summed E-state index contributed by atoms with van der Waals surface area (Å²) in [4.78, 5) is 16.3. The molecule has 0 unspecified atom stereocenters. The summed E-state index contributed by atoms with van der Waals surface area (Å²) in [6.07, 6.45) is 5.39. The average Bonchev–Trinajstić information content (AvgIpc) is 2.90. The van der Waals surface area contributed by atoms with Crippen LogP contribution in [0.25, 0.3) is 11.0 Å². The molecule has 2 heterocycles. The van der Waals surface area contributed by atoms with Gasteiger partial charge in [0.1, 0.15) is 0 Å². The molecule has 0 aliphatic rings. The summed E-state index contributed by atoms with van der Waals surface area (Å²) in [5, 5.41) is 7.60. The summed E-state index contributed by atoms with van der Waals surface area (Å²) in [6.45, 7) is 6.37. The van der Waals surface area contributed by atoms with Crippen molar-refractivity contribution in [2.75, 3.05) is 12.3 Å². The van der Waals surface area contributed by atoms with E-state index >= 15 is 0 Å². The van der Waals surface area contributed by atoms with Crippen molar-refractivity contribution in [2.45, 2.75) is 19.9 Å². The van der Waals surface area contributed by atoms with Crippen LogP contribution in [-0.4, -0.2) is 27.2 Å². The van der Waals surface area contributed by atoms with Gasteiger partial charge < -0.3 is 11.1 Å². The number of carbonyl (C=O) groups excluding carboxylic acids is 1.